The lowest BCUT2D eigenvalue weighted by Crippen LogP contribution is -2.16. The molecule has 0 unspecified atom stereocenters. The Labute approximate surface area is 163 Å². The number of carbonyl (C=O) groups excluding carboxylic acids is 1. The number of amides is 1. The quantitative estimate of drug-likeness (QED) is 0.674. The van der Waals surface area contributed by atoms with E-state index in [1.807, 2.05) is 26.0 Å². The summed E-state index contributed by atoms with van der Waals surface area (Å²) in [4.78, 5) is 12.5. The summed E-state index contributed by atoms with van der Waals surface area (Å²) in [6.45, 7) is 3.84. The van der Waals surface area contributed by atoms with Gasteiger partial charge < -0.3 is 15.4 Å². The van der Waals surface area contributed by atoms with Crippen molar-refractivity contribution in [1.82, 2.24) is 10.2 Å². The molecule has 0 aliphatic carbocycles. The summed E-state index contributed by atoms with van der Waals surface area (Å²) in [5.41, 5.74) is 2.10. The summed E-state index contributed by atoms with van der Waals surface area (Å²) < 4.78 is 5.70. The molecule has 0 aliphatic heterocycles. The zero-order valence-corrected chi connectivity index (χ0v) is 15.5. The molecule has 1 aromatic heterocycles. The number of benzene rings is 2. The lowest BCUT2D eigenvalue weighted by atomic mass is 10.2. The maximum absolute atomic E-state index is 12.5. The molecule has 140 valence electrons. The maximum Gasteiger partial charge on any atom is 0.276 e. The SMILES string of the molecule is CC(C)Oc1ccccc1NC(=O)c1ccc(Nc2ccc(C#N)cc2)nn1. The summed E-state index contributed by atoms with van der Waals surface area (Å²) in [6.07, 6.45) is -0.00886. The zero-order chi connectivity index (χ0) is 19.9. The van der Waals surface area contributed by atoms with Gasteiger partial charge in [0.1, 0.15) is 5.75 Å². The van der Waals surface area contributed by atoms with Gasteiger partial charge in [-0.2, -0.15) is 5.26 Å². The van der Waals surface area contributed by atoms with E-state index >= 15 is 0 Å². The first kappa shape index (κ1) is 18.9. The van der Waals surface area contributed by atoms with Crippen LogP contribution in [0, 0.1) is 11.3 Å². The van der Waals surface area contributed by atoms with Gasteiger partial charge >= 0.3 is 0 Å². The molecule has 7 nitrogen and oxygen atoms in total. The molecule has 2 aromatic carbocycles. The van der Waals surface area contributed by atoms with Crippen LogP contribution in [-0.4, -0.2) is 22.2 Å². The first-order valence-corrected chi connectivity index (χ1v) is 8.73. The Morgan fingerprint density at radius 2 is 1.79 bits per heavy atom. The number of hydrogen-bond donors (Lipinski definition) is 2. The van der Waals surface area contributed by atoms with Gasteiger partial charge in [-0.3, -0.25) is 4.79 Å². The van der Waals surface area contributed by atoms with E-state index < -0.39 is 0 Å². The lowest BCUT2D eigenvalue weighted by molar-refractivity contribution is 0.102. The van der Waals surface area contributed by atoms with Gasteiger partial charge in [-0.1, -0.05) is 12.1 Å². The number of nitriles is 1. The second-order valence-electron chi connectivity index (χ2n) is 6.23. The average molecular weight is 373 g/mol. The van der Waals surface area contributed by atoms with Crippen LogP contribution in [-0.2, 0) is 0 Å². The molecule has 0 spiro atoms. The Morgan fingerprint density at radius 3 is 2.43 bits per heavy atom. The molecule has 0 radical (unpaired) electrons. The molecule has 0 saturated heterocycles. The predicted molar refractivity (Wildman–Crippen MR) is 107 cm³/mol. The Kier molecular flexibility index (Phi) is 5.82. The van der Waals surface area contributed by atoms with Gasteiger partial charge in [0.05, 0.1) is 23.4 Å². The highest BCUT2D eigenvalue weighted by atomic mass is 16.5. The van der Waals surface area contributed by atoms with E-state index in [0.717, 1.165) is 5.69 Å². The Hall–Kier alpha value is -3.92. The fourth-order valence-electron chi connectivity index (χ4n) is 2.41. The zero-order valence-electron chi connectivity index (χ0n) is 15.5. The van der Waals surface area contributed by atoms with Crippen LogP contribution < -0.4 is 15.4 Å². The van der Waals surface area contributed by atoms with Gasteiger partial charge in [0.25, 0.3) is 5.91 Å². The molecule has 3 rings (SSSR count). The van der Waals surface area contributed by atoms with Gasteiger partial charge in [-0.25, -0.2) is 0 Å². The number of anilines is 3. The van der Waals surface area contributed by atoms with Crippen molar-refractivity contribution in [3.63, 3.8) is 0 Å². The fraction of sp³-hybridized carbons (Fsp3) is 0.143. The van der Waals surface area contributed by atoms with E-state index in [1.54, 1.807) is 48.5 Å². The number of rotatable bonds is 6. The monoisotopic (exact) mass is 373 g/mol. The van der Waals surface area contributed by atoms with Crippen LogP contribution >= 0.6 is 0 Å². The largest absolute Gasteiger partial charge is 0.489 e. The number of nitrogens with zero attached hydrogens (tertiary/aromatic N) is 3. The van der Waals surface area contributed by atoms with E-state index in [2.05, 4.69) is 26.9 Å². The lowest BCUT2D eigenvalue weighted by Gasteiger charge is -2.14. The summed E-state index contributed by atoms with van der Waals surface area (Å²) >= 11 is 0. The molecular formula is C21H19N5O2. The smallest absolute Gasteiger partial charge is 0.276 e. The number of nitrogens with one attached hydrogen (secondary N) is 2. The molecule has 0 fully saturated rings. The standard InChI is InChI=1S/C21H19N5O2/c1-14(2)28-19-6-4-3-5-17(19)24-21(27)18-11-12-20(26-25-18)23-16-9-7-15(13-22)8-10-16/h3-12,14H,1-2H3,(H,23,26)(H,24,27). The van der Waals surface area contributed by atoms with Crippen LogP contribution in [0.1, 0.15) is 29.9 Å². The first-order chi connectivity index (χ1) is 13.5. The molecule has 0 atom stereocenters. The highest BCUT2D eigenvalue weighted by molar-refractivity contribution is 6.03. The number of hydrogen-bond acceptors (Lipinski definition) is 6. The summed E-state index contributed by atoms with van der Waals surface area (Å²) in [7, 11) is 0. The van der Waals surface area contributed by atoms with Crippen molar-refractivity contribution < 1.29 is 9.53 Å². The fourth-order valence-corrected chi connectivity index (χ4v) is 2.41. The van der Waals surface area contributed by atoms with Crippen molar-refractivity contribution in [2.75, 3.05) is 10.6 Å². The number of ether oxygens (including phenoxy) is 1. The van der Waals surface area contributed by atoms with Crippen molar-refractivity contribution in [3.8, 4) is 11.8 Å². The molecule has 1 heterocycles. The summed E-state index contributed by atoms with van der Waals surface area (Å²) in [6, 6.07) is 19.5. The highest BCUT2D eigenvalue weighted by Gasteiger charge is 2.12. The third kappa shape index (κ3) is 4.83. The maximum atomic E-state index is 12.5. The second-order valence-corrected chi connectivity index (χ2v) is 6.23. The van der Waals surface area contributed by atoms with Gasteiger partial charge in [-0.15, -0.1) is 10.2 Å². The molecule has 0 aliphatic rings. The minimum atomic E-state index is -0.378. The number of aromatic nitrogens is 2. The van der Waals surface area contributed by atoms with Crippen LogP contribution in [0.25, 0.3) is 0 Å². The minimum absolute atomic E-state index is 0.00886. The predicted octanol–water partition coefficient (Wildman–Crippen LogP) is 4.13. The van der Waals surface area contributed by atoms with Crippen molar-refractivity contribution in [3.05, 3.63) is 71.9 Å². The van der Waals surface area contributed by atoms with Crippen molar-refractivity contribution in [2.24, 2.45) is 0 Å². The Balaban J connectivity index is 1.68. The third-order valence-corrected chi connectivity index (χ3v) is 3.68. The van der Waals surface area contributed by atoms with Crippen molar-refractivity contribution >= 4 is 23.1 Å². The third-order valence-electron chi connectivity index (χ3n) is 3.68. The molecule has 7 heteroatoms. The first-order valence-electron chi connectivity index (χ1n) is 8.73. The molecule has 0 bridgehead atoms. The van der Waals surface area contributed by atoms with Crippen molar-refractivity contribution in [2.45, 2.75) is 20.0 Å². The van der Waals surface area contributed by atoms with Crippen LogP contribution in [0.3, 0.4) is 0 Å². The molecule has 2 N–H and O–H groups in total. The normalized spacial score (nSPS) is 10.2. The minimum Gasteiger partial charge on any atom is -0.489 e. The van der Waals surface area contributed by atoms with Crippen LogP contribution in [0.15, 0.2) is 60.7 Å². The average Bonchev–Trinajstić information content (AvgIpc) is 2.70. The molecule has 28 heavy (non-hydrogen) atoms. The van der Waals surface area contributed by atoms with E-state index in [0.29, 0.717) is 22.8 Å². The van der Waals surface area contributed by atoms with Gasteiger partial charge in [0.15, 0.2) is 11.5 Å². The van der Waals surface area contributed by atoms with Gasteiger partial charge in [0, 0.05) is 5.69 Å². The van der Waals surface area contributed by atoms with Crippen LogP contribution in [0.4, 0.5) is 17.2 Å². The van der Waals surface area contributed by atoms with Crippen molar-refractivity contribution in [1.29, 1.82) is 5.26 Å². The van der Waals surface area contributed by atoms with E-state index in [4.69, 9.17) is 10.00 Å². The molecule has 0 saturated carbocycles. The topological polar surface area (TPSA) is 99.9 Å². The molecular weight excluding hydrogens is 354 g/mol. The van der Waals surface area contributed by atoms with Gasteiger partial charge in [0.2, 0.25) is 0 Å². The van der Waals surface area contributed by atoms with Crippen LogP contribution in [0.2, 0.25) is 0 Å². The van der Waals surface area contributed by atoms with E-state index in [-0.39, 0.29) is 17.7 Å². The van der Waals surface area contributed by atoms with E-state index in [9.17, 15) is 4.79 Å². The van der Waals surface area contributed by atoms with Crippen LogP contribution in [0.5, 0.6) is 5.75 Å². The summed E-state index contributed by atoms with van der Waals surface area (Å²) in [5, 5.41) is 22.7. The molecule has 1 amide bonds. The summed E-state index contributed by atoms with van der Waals surface area (Å²) in [5.74, 6) is 0.708. The second kappa shape index (κ2) is 8.64. The number of carbonyl (C=O) groups is 1. The highest BCUT2D eigenvalue weighted by Crippen LogP contribution is 2.25. The van der Waals surface area contributed by atoms with Gasteiger partial charge in [-0.05, 0) is 62.4 Å². The molecule has 3 aromatic rings. The number of para-hydroxylation sites is 2. The Bertz CT molecular complexity index is 993. The van der Waals surface area contributed by atoms with E-state index in [1.165, 1.54) is 0 Å². The Morgan fingerprint density at radius 1 is 1.04 bits per heavy atom.